The molecule has 0 aliphatic heterocycles. The van der Waals surface area contributed by atoms with Crippen molar-refractivity contribution in [3.63, 3.8) is 0 Å². The van der Waals surface area contributed by atoms with Crippen molar-refractivity contribution in [1.82, 2.24) is 0 Å². The maximum atomic E-state index is 12.4. The molecule has 0 spiro atoms. The number of ketones is 2. The van der Waals surface area contributed by atoms with Gasteiger partial charge in [-0.3, -0.25) is 9.59 Å². The van der Waals surface area contributed by atoms with Crippen LogP contribution in [-0.4, -0.2) is 11.6 Å². The van der Waals surface area contributed by atoms with Crippen LogP contribution in [0.1, 0.15) is 31.8 Å². The minimum absolute atomic E-state index is 0.103. The summed E-state index contributed by atoms with van der Waals surface area (Å²) < 4.78 is 1.45. The van der Waals surface area contributed by atoms with Crippen molar-refractivity contribution in [3.8, 4) is 0 Å². The zero-order chi connectivity index (χ0) is 12.9. The fraction of sp³-hybridized carbons (Fsp3) is 0. The Kier molecular flexibility index (Phi) is 2.72. The second-order valence-corrected chi connectivity index (χ2v) is 5.78. The van der Waals surface area contributed by atoms with Crippen LogP contribution >= 0.6 is 31.9 Å². The lowest BCUT2D eigenvalue weighted by atomic mass is 9.84. The Morgan fingerprint density at radius 3 is 2.33 bits per heavy atom. The summed E-state index contributed by atoms with van der Waals surface area (Å²) in [6.07, 6.45) is 0. The number of carbonyl (C=O) groups excluding carboxylic acids is 2. The second kappa shape index (κ2) is 4.14. The number of carbonyl (C=O) groups is 2. The lowest BCUT2D eigenvalue weighted by molar-refractivity contribution is 0.0978. The standard InChI is InChI=1S/C14H6Br2O2/c15-7-4-5-8-10(6-7)14(18)12-9(13(8)17)2-1-3-11(12)16/h1-6H. The van der Waals surface area contributed by atoms with Crippen LogP contribution in [-0.2, 0) is 0 Å². The van der Waals surface area contributed by atoms with Gasteiger partial charge >= 0.3 is 0 Å². The van der Waals surface area contributed by atoms with Gasteiger partial charge in [-0.2, -0.15) is 0 Å². The van der Waals surface area contributed by atoms with Crippen molar-refractivity contribution in [2.75, 3.05) is 0 Å². The Hall–Kier alpha value is -1.26. The third kappa shape index (κ3) is 1.60. The summed E-state index contributed by atoms with van der Waals surface area (Å²) in [4.78, 5) is 24.8. The van der Waals surface area contributed by atoms with Crippen molar-refractivity contribution in [2.45, 2.75) is 0 Å². The molecule has 0 N–H and O–H groups in total. The van der Waals surface area contributed by atoms with Crippen LogP contribution in [0.25, 0.3) is 0 Å². The molecule has 0 aromatic heterocycles. The molecule has 2 aromatic rings. The molecular weight excluding hydrogens is 360 g/mol. The first-order chi connectivity index (χ1) is 8.59. The topological polar surface area (TPSA) is 34.1 Å². The van der Waals surface area contributed by atoms with Crippen molar-refractivity contribution in [3.05, 3.63) is 67.6 Å². The number of fused-ring (bicyclic) bond motifs is 2. The average molecular weight is 366 g/mol. The lowest BCUT2D eigenvalue weighted by Crippen LogP contribution is -2.21. The minimum Gasteiger partial charge on any atom is -0.289 e. The lowest BCUT2D eigenvalue weighted by Gasteiger charge is -2.18. The Bertz CT molecular complexity index is 705. The van der Waals surface area contributed by atoms with Crippen LogP contribution in [0.3, 0.4) is 0 Å². The molecular formula is C14H6Br2O2. The number of rotatable bonds is 0. The normalized spacial score (nSPS) is 13.2. The van der Waals surface area contributed by atoms with E-state index in [1.165, 1.54) is 0 Å². The van der Waals surface area contributed by atoms with E-state index in [0.29, 0.717) is 26.7 Å². The summed E-state index contributed by atoms with van der Waals surface area (Å²) in [5.41, 5.74) is 1.83. The van der Waals surface area contributed by atoms with Crippen LogP contribution in [0.2, 0.25) is 0 Å². The first kappa shape index (κ1) is 11.8. The predicted molar refractivity (Wildman–Crippen MR) is 75.1 cm³/mol. The highest BCUT2D eigenvalue weighted by Crippen LogP contribution is 2.32. The highest BCUT2D eigenvalue weighted by atomic mass is 79.9. The molecule has 4 heteroatoms. The smallest absolute Gasteiger partial charge is 0.195 e. The molecule has 0 amide bonds. The molecule has 0 radical (unpaired) electrons. The molecule has 18 heavy (non-hydrogen) atoms. The third-order valence-electron chi connectivity index (χ3n) is 2.96. The van der Waals surface area contributed by atoms with E-state index in [-0.39, 0.29) is 11.6 Å². The van der Waals surface area contributed by atoms with Gasteiger partial charge < -0.3 is 0 Å². The van der Waals surface area contributed by atoms with Gasteiger partial charge in [-0.1, -0.05) is 44.0 Å². The van der Waals surface area contributed by atoms with Gasteiger partial charge in [-0.25, -0.2) is 0 Å². The van der Waals surface area contributed by atoms with Crippen LogP contribution in [0.4, 0.5) is 0 Å². The first-order valence-electron chi connectivity index (χ1n) is 5.27. The summed E-state index contributed by atoms with van der Waals surface area (Å²) in [6, 6.07) is 10.4. The molecule has 3 rings (SSSR count). The molecule has 0 saturated carbocycles. The van der Waals surface area contributed by atoms with Gasteiger partial charge in [-0.15, -0.1) is 0 Å². The van der Waals surface area contributed by atoms with Crippen molar-refractivity contribution in [1.29, 1.82) is 0 Å². The van der Waals surface area contributed by atoms with Crippen molar-refractivity contribution >= 4 is 43.4 Å². The molecule has 0 unspecified atom stereocenters. The van der Waals surface area contributed by atoms with E-state index in [9.17, 15) is 9.59 Å². The third-order valence-corrected chi connectivity index (χ3v) is 4.11. The molecule has 0 heterocycles. The Labute approximate surface area is 120 Å². The Balaban J connectivity index is 2.36. The van der Waals surface area contributed by atoms with Gasteiger partial charge in [-0.05, 0) is 24.3 Å². The van der Waals surface area contributed by atoms with Gasteiger partial charge in [0.2, 0.25) is 0 Å². The molecule has 88 valence electrons. The summed E-state index contributed by atoms with van der Waals surface area (Å²) >= 11 is 6.66. The van der Waals surface area contributed by atoms with Gasteiger partial charge in [0.15, 0.2) is 11.6 Å². The van der Waals surface area contributed by atoms with E-state index >= 15 is 0 Å². The predicted octanol–water partition coefficient (Wildman–Crippen LogP) is 3.99. The van der Waals surface area contributed by atoms with Crippen LogP contribution in [0.5, 0.6) is 0 Å². The first-order valence-corrected chi connectivity index (χ1v) is 6.85. The van der Waals surface area contributed by atoms with E-state index in [4.69, 9.17) is 0 Å². The number of benzene rings is 2. The molecule has 0 atom stereocenters. The summed E-state index contributed by atoms with van der Waals surface area (Å²) in [6.45, 7) is 0. The monoisotopic (exact) mass is 364 g/mol. The number of halogens is 2. The van der Waals surface area contributed by atoms with Crippen molar-refractivity contribution < 1.29 is 9.59 Å². The van der Waals surface area contributed by atoms with E-state index in [2.05, 4.69) is 31.9 Å². The fourth-order valence-electron chi connectivity index (χ4n) is 2.13. The quantitative estimate of drug-likeness (QED) is 0.603. The molecule has 1 aliphatic carbocycles. The SMILES string of the molecule is O=C1c2ccc(Br)cc2C(=O)c2c(Br)cccc21. The molecule has 0 saturated heterocycles. The van der Waals surface area contributed by atoms with Gasteiger partial charge in [0.05, 0.1) is 0 Å². The zero-order valence-electron chi connectivity index (χ0n) is 9.04. The maximum Gasteiger partial charge on any atom is 0.195 e. The summed E-state index contributed by atoms with van der Waals surface area (Å²) in [5, 5.41) is 0. The zero-order valence-corrected chi connectivity index (χ0v) is 12.2. The highest BCUT2D eigenvalue weighted by Gasteiger charge is 2.30. The average Bonchev–Trinajstić information content (AvgIpc) is 2.35. The van der Waals surface area contributed by atoms with Gasteiger partial charge in [0.1, 0.15) is 0 Å². The highest BCUT2D eigenvalue weighted by molar-refractivity contribution is 9.10. The van der Waals surface area contributed by atoms with Crippen LogP contribution < -0.4 is 0 Å². The minimum atomic E-state index is -0.117. The largest absolute Gasteiger partial charge is 0.289 e. The number of hydrogen-bond donors (Lipinski definition) is 0. The summed E-state index contributed by atoms with van der Waals surface area (Å²) in [5.74, 6) is -0.221. The van der Waals surface area contributed by atoms with Crippen molar-refractivity contribution in [2.24, 2.45) is 0 Å². The van der Waals surface area contributed by atoms with E-state index in [1.807, 2.05) is 0 Å². The Morgan fingerprint density at radius 1 is 0.778 bits per heavy atom. The van der Waals surface area contributed by atoms with E-state index in [0.717, 1.165) is 4.47 Å². The fourth-order valence-corrected chi connectivity index (χ4v) is 3.03. The summed E-state index contributed by atoms with van der Waals surface area (Å²) in [7, 11) is 0. The van der Waals surface area contributed by atoms with Crippen LogP contribution in [0, 0.1) is 0 Å². The molecule has 0 bridgehead atoms. The number of hydrogen-bond acceptors (Lipinski definition) is 2. The van der Waals surface area contributed by atoms with E-state index < -0.39 is 0 Å². The molecule has 2 nitrogen and oxygen atoms in total. The molecule has 0 fully saturated rings. The van der Waals surface area contributed by atoms with Gasteiger partial charge in [0, 0.05) is 31.2 Å². The Morgan fingerprint density at radius 2 is 1.56 bits per heavy atom. The van der Waals surface area contributed by atoms with E-state index in [1.54, 1.807) is 36.4 Å². The maximum absolute atomic E-state index is 12.4. The molecule has 1 aliphatic rings. The van der Waals surface area contributed by atoms with Crippen LogP contribution in [0.15, 0.2) is 45.3 Å². The second-order valence-electron chi connectivity index (χ2n) is 4.01. The van der Waals surface area contributed by atoms with Gasteiger partial charge in [0.25, 0.3) is 0 Å². The molecule has 2 aromatic carbocycles.